The van der Waals surface area contributed by atoms with Crippen molar-refractivity contribution in [1.82, 2.24) is 4.72 Å². The van der Waals surface area contributed by atoms with Gasteiger partial charge in [-0.3, -0.25) is 0 Å². The summed E-state index contributed by atoms with van der Waals surface area (Å²) in [5.74, 6) is 0. The summed E-state index contributed by atoms with van der Waals surface area (Å²) in [6.07, 6.45) is 0. The fourth-order valence-electron chi connectivity index (χ4n) is 0.604. The lowest BCUT2D eigenvalue weighted by molar-refractivity contribution is 0.0583. The number of halogens is 1. The van der Waals surface area contributed by atoms with E-state index in [1.165, 1.54) is 0 Å². The second-order valence-corrected chi connectivity index (χ2v) is 5.61. The van der Waals surface area contributed by atoms with Gasteiger partial charge in [-0.15, -0.1) is 0 Å². The molecule has 0 aromatic rings. The lowest BCUT2D eigenvalue weighted by Crippen LogP contribution is -2.57. The van der Waals surface area contributed by atoms with E-state index in [0.717, 1.165) is 0 Å². The molecule has 0 aromatic heterocycles. The summed E-state index contributed by atoms with van der Waals surface area (Å²) < 4.78 is 23.6. The Morgan fingerprint density at radius 3 is 1.77 bits per heavy atom. The molecule has 6 nitrogen and oxygen atoms in total. The van der Waals surface area contributed by atoms with Crippen LogP contribution >= 0.6 is 15.9 Å². The number of hydrogen-bond donors (Lipinski definition) is 4. The van der Waals surface area contributed by atoms with E-state index in [0.29, 0.717) is 0 Å². The van der Waals surface area contributed by atoms with Crippen LogP contribution in [0.2, 0.25) is 0 Å². The quantitative estimate of drug-likeness (QED) is 0.419. The van der Waals surface area contributed by atoms with Crippen molar-refractivity contribution < 1.29 is 23.7 Å². The fraction of sp³-hybridized carbons (Fsp3) is 1.00. The molecule has 0 aliphatic rings. The highest BCUT2D eigenvalue weighted by molar-refractivity contribution is 9.10. The molecule has 80 valence electrons. The first-order chi connectivity index (χ1) is 5.95. The van der Waals surface area contributed by atoms with E-state index in [1.807, 2.05) is 4.72 Å². The van der Waals surface area contributed by atoms with Gasteiger partial charge in [0, 0.05) is 0 Å². The van der Waals surface area contributed by atoms with Crippen LogP contribution < -0.4 is 4.72 Å². The maximum absolute atomic E-state index is 11.0. The predicted molar refractivity (Wildman–Crippen MR) is 49.8 cm³/mol. The molecule has 8 heteroatoms. The Balaban J connectivity index is 4.61. The number of rotatable bonds is 6. The molecule has 0 aromatic carbocycles. The van der Waals surface area contributed by atoms with Crippen LogP contribution in [0.25, 0.3) is 0 Å². The molecule has 0 amide bonds. The van der Waals surface area contributed by atoms with Gasteiger partial charge in [0.15, 0.2) is 0 Å². The smallest absolute Gasteiger partial charge is 0.222 e. The van der Waals surface area contributed by atoms with Crippen LogP contribution in [-0.4, -0.2) is 53.8 Å². The fourth-order valence-corrected chi connectivity index (χ4v) is 1.86. The number of sulfonamides is 1. The van der Waals surface area contributed by atoms with Crippen molar-refractivity contribution in [3.05, 3.63) is 0 Å². The van der Waals surface area contributed by atoms with Gasteiger partial charge >= 0.3 is 0 Å². The topological polar surface area (TPSA) is 107 Å². The van der Waals surface area contributed by atoms with Crippen molar-refractivity contribution >= 4 is 26.0 Å². The lowest BCUT2D eigenvalue weighted by atomic mass is 10.1. The summed E-state index contributed by atoms with van der Waals surface area (Å²) in [5, 5.41) is 26.3. The normalized spacial score (nSPS) is 13.2. The minimum Gasteiger partial charge on any atom is -0.394 e. The molecule has 0 heterocycles. The molecule has 0 radical (unpaired) electrons. The number of nitrogens with one attached hydrogen (secondary N) is 1. The zero-order valence-electron chi connectivity index (χ0n) is 6.77. The van der Waals surface area contributed by atoms with Crippen LogP contribution in [0.5, 0.6) is 0 Å². The third kappa shape index (κ3) is 3.88. The molecule has 0 aliphatic carbocycles. The Bertz CT molecular complexity index is 229. The Labute approximate surface area is 84.8 Å². The van der Waals surface area contributed by atoms with E-state index >= 15 is 0 Å². The van der Waals surface area contributed by atoms with Gasteiger partial charge < -0.3 is 15.3 Å². The summed E-state index contributed by atoms with van der Waals surface area (Å²) in [4.78, 5) is 0. The van der Waals surface area contributed by atoms with Gasteiger partial charge in [0.1, 0.15) is 10.2 Å². The van der Waals surface area contributed by atoms with E-state index < -0.39 is 35.4 Å². The summed E-state index contributed by atoms with van der Waals surface area (Å²) in [6, 6.07) is 0. The molecule has 0 atom stereocenters. The molecule has 0 fully saturated rings. The van der Waals surface area contributed by atoms with Crippen LogP contribution in [-0.2, 0) is 10.0 Å². The highest BCUT2D eigenvalue weighted by Gasteiger charge is 2.32. The minimum atomic E-state index is -3.63. The van der Waals surface area contributed by atoms with Crippen LogP contribution in [0.1, 0.15) is 0 Å². The standard InChI is InChI=1S/C5H12BrNO5S/c6-4-13(11,12)7-5(1-8,2-9)3-10/h7-10H,1-4H2. The van der Waals surface area contributed by atoms with Gasteiger partial charge in [-0.25, -0.2) is 13.1 Å². The molecule has 0 aliphatic heterocycles. The van der Waals surface area contributed by atoms with Crippen molar-refractivity contribution in [1.29, 1.82) is 0 Å². The maximum Gasteiger partial charge on any atom is 0.222 e. The van der Waals surface area contributed by atoms with E-state index in [4.69, 9.17) is 15.3 Å². The Hall–Kier alpha value is 0.270. The van der Waals surface area contributed by atoms with Crippen LogP contribution in [0.15, 0.2) is 0 Å². The van der Waals surface area contributed by atoms with Crippen LogP contribution in [0, 0.1) is 0 Å². The molecule has 0 saturated carbocycles. The van der Waals surface area contributed by atoms with Crippen molar-refractivity contribution in [2.24, 2.45) is 0 Å². The SMILES string of the molecule is O=S(=O)(CBr)NC(CO)(CO)CO. The van der Waals surface area contributed by atoms with E-state index in [9.17, 15) is 8.42 Å². The maximum atomic E-state index is 11.0. The van der Waals surface area contributed by atoms with E-state index in [2.05, 4.69) is 15.9 Å². The highest BCUT2D eigenvalue weighted by atomic mass is 79.9. The van der Waals surface area contributed by atoms with Crippen molar-refractivity contribution in [3.63, 3.8) is 0 Å². The van der Waals surface area contributed by atoms with Crippen molar-refractivity contribution in [2.75, 3.05) is 24.5 Å². The Kier molecular flexibility index (Phi) is 5.33. The van der Waals surface area contributed by atoms with Gasteiger partial charge in [0.05, 0.1) is 19.8 Å². The Morgan fingerprint density at radius 2 is 1.54 bits per heavy atom. The molecule has 0 rings (SSSR count). The second-order valence-electron chi connectivity index (χ2n) is 2.58. The first kappa shape index (κ1) is 13.3. The van der Waals surface area contributed by atoms with E-state index in [-0.39, 0.29) is 4.66 Å². The number of aliphatic hydroxyl groups excluding tert-OH is 3. The second kappa shape index (κ2) is 5.23. The zero-order chi connectivity index (χ0) is 10.5. The van der Waals surface area contributed by atoms with E-state index in [1.54, 1.807) is 0 Å². The summed E-state index contributed by atoms with van der Waals surface area (Å²) in [6.45, 7) is -2.02. The number of aliphatic hydroxyl groups is 3. The number of alkyl halides is 1. The monoisotopic (exact) mass is 277 g/mol. The number of hydrogen-bond acceptors (Lipinski definition) is 5. The van der Waals surface area contributed by atoms with Crippen LogP contribution in [0.4, 0.5) is 0 Å². The average molecular weight is 278 g/mol. The lowest BCUT2D eigenvalue weighted by Gasteiger charge is -2.27. The molecule has 0 spiro atoms. The molecule has 0 saturated heterocycles. The van der Waals surface area contributed by atoms with Gasteiger partial charge in [0.2, 0.25) is 10.0 Å². The van der Waals surface area contributed by atoms with Crippen molar-refractivity contribution in [3.8, 4) is 0 Å². The molecular weight excluding hydrogens is 266 g/mol. The van der Waals surface area contributed by atoms with Gasteiger partial charge in [-0.2, -0.15) is 0 Å². The summed E-state index contributed by atoms with van der Waals surface area (Å²) in [7, 11) is -3.63. The molecular formula is C5H12BrNO5S. The molecule has 13 heavy (non-hydrogen) atoms. The Morgan fingerprint density at radius 1 is 1.15 bits per heavy atom. The van der Waals surface area contributed by atoms with Crippen molar-refractivity contribution in [2.45, 2.75) is 5.54 Å². The first-order valence-electron chi connectivity index (χ1n) is 3.35. The van der Waals surface area contributed by atoms with Gasteiger partial charge in [-0.1, -0.05) is 15.9 Å². The largest absolute Gasteiger partial charge is 0.394 e. The molecule has 4 N–H and O–H groups in total. The molecule has 0 unspecified atom stereocenters. The third-order valence-electron chi connectivity index (χ3n) is 1.42. The van der Waals surface area contributed by atoms with Gasteiger partial charge in [-0.05, 0) is 0 Å². The van der Waals surface area contributed by atoms with Crippen LogP contribution in [0.3, 0.4) is 0 Å². The summed E-state index contributed by atoms with van der Waals surface area (Å²) >= 11 is 2.72. The summed E-state index contributed by atoms with van der Waals surface area (Å²) in [5.41, 5.74) is -1.59. The zero-order valence-corrected chi connectivity index (χ0v) is 9.18. The first-order valence-corrected chi connectivity index (χ1v) is 6.13. The predicted octanol–water partition coefficient (Wildman–Crippen LogP) is -2.03. The average Bonchev–Trinajstić information content (AvgIpc) is 2.14. The molecule has 0 bridgehead atoms. The minimum absolute atomic E-state index is 0.359. The van der Waals surface area contributed by atoms with Gasteiger partial charge in [0.25, 0.3) is 0 Å². The highest BCUT2D eigenvalue weighted by Crippen LogP contribution is 2.05. The third-order valence-corrected chi connectivity index (χ3v) is 4.26.